The lowest BCUT2D eigenvalue weighted by Crippen LogP contribution is -2.33. The Hall–Kier alpha value is -2.45. The number of benzene rings is 1. The second kappa shape index (κ2) is 8.09. The highest BCUT2D eigenvalue weighted by Crippen LogP contribution is 2.20. The smallest absolute Gasteiger partial charge is 0.251 e. The predicted octanol–water partition coefficient (Wildman–Crippen LogP) is 1.38. The number of rotatable bonds is 7. The Morgan fingerprint density at radius 2 is 1.76 bits per heavy atom. The summed E-state index contributed by atoms with van der Waals surface area (Å²) in [5.74, 6) is 0.0854. The van der Waals surface area contributed by atoms with Crippen molar-refractivity contribution < 1.29 is 17.9 Å². The Labute approximate surface area is 147 Å². The van der Waals surface area contributed by atoms with Crippen molar-refractivity contribution in [1.29, 1.82) is 0 Å². The third-order valence-electron chi connectivity index (χ3n) is 3.63. The quantitative estimate of drug-likeness (QED) is 0.803. The molecule has 0 spiro atoms. The van der Waals surface area contributed by atoms with Gasteiger partial charge in [-0.3, -0.25) is 4.79 Å². The third-order valence-corrected chi connectivity index (χ3v) is 5.46. The molecule has 2 aromatic rings. The van der Waals surface area contributed by atoms with Gasteiger partial charge in [-0.25, -0.2) is 17.7 Å². The molecule has 0 atom stereocenters. The van der Waals surface area contributed by atoms with Crippen LogP contribution < -0.4 is 10.1 Å². The molecule has 0 aliphatic carbocycles. The van der Waals surface area contributed by atoms with Crippen LogP contribution in [0.3, 0.4) is 0 Å². The Morgan fingerprint density at radius 3 is 2.28 bits per heavy atom. The lowest BCUT2D eigenvalue weighted by molar-refractivity contribution is 0.0956. The molecule has 7 nitrogen and oxygen atoms in total. The summed E-state index contributed by atoms with van der Waals surface area (Å²) in [6, 6.07) is 10.7. The number of nitrogens with one attached hydrogen (secondary N) is 1. The Morgan fingerprint density at radius 1 is 1.12 bits per heavy atom. The molecule has 1 heterocycles. The zero-order chi connectivity index (χ0) is 18.4. The minimum atomic E-state index is -3.32. The molecule has 1 amide bonds. The monoisotopic (exact) mass is 363 g/mol. The van der Waals surface area contributed by atoms with Crippen molar-refractivity contribution >= 4 is 15.9 Å². The molecule has 0 aliphatic rings. The first kappa shape index (κ1) is 18.9. The second-order valence-electron chi connectivity index (χ2n) is 5.52. The van der Waals surface area contributed by atoms with Gasteiger partial charge < -0.3 is 10.1 Å². The van der Waals surface area contributed by atoms with Crippen molar-refractivity contribution in [3.05, 3.63) is 48.2 Å². The van der Waals surface area contributed by atoms with E-state index in [4.69, 9.17) is 4.74 Å². The zero-order valence-corrected chi connectivity index (χ0v) is 15.2. The van der Waals surface area contributed by atoms with Gasteiger partial charge in [0.15, 0.2) is 0 Å². The van der Waals surface area contributed by atoms with Gasteiger partial charge in [-0.15, -0.1) is 0 Å². The van der Waals surface area contributed by atoms with Crippen LogP contribution in [0, 0.1) is 0 Å². The van der Waals surface area contributed by atoms with Crippen LogP contribution in [0.25, 0.3) is 11.1 Å². The summed E-state index contributed by atoms with van der Waals surface area (Å²) < 4.78 is 29.5. The van der Waals surface area contributed by atoms with Crippen LogP contribution in [-0.2, 0) is 10.0 Å². The average Bonchev–Trinajstić information content (AvgIpc) is 2.61. The fourth-order valence-electron chi connectivity index (χ4n) is 2.06. The number of ether oxygens (including phenoxy) is 1. The van der Waals surface area contributed by atoms with Crippen molar-refractivity contribution in [3.8, 4) is 17.0 Å². The number of hydrogen-bond acceptors (Lipinski definition) is 5. The third kappa shape index (κ3) is 5.01. The van der Waals surface area contributed by atoms with Crippen LogP contribution in [0.1, 0.15) is 10.4 Å². The van der Waals surface area contributed by atoms with Gasteiger partial charge in [0.25, 0.3) is 5.91 Å². The van der Waals surface area contributed by atoms with Gasteiger partial charge >= 0.3 is 0 Å². The highest BCUT2D eigenvalue weighted by atomic mass is 32.2. The van der Waals surface area contributed by atoms with Crippen molar-refractivity contribution in [2.75, 3.05) is 33.5 Å². The van der Waals surface area contributed by atoms with Crippen LogP contribution in [-0.4, -0.2) is 57.1 Å². The second-order valence-corrected chi connectivity index (χ2v) is 7.82. The van der Waals surface area contributed by atoms with Gasteiger partial charge in [0.1, 0.15) is 0 Å². The van der Waals surface area contributed by atoms with Gasteiger partial charge in [-0.05, 0) is 23.8 Å². The van der Waals surface area contributed by atoms with E-state index in [1.807, 2.05) is 18.2 Å². The van der Waals surface area contributed by atoms with Crippen LogP contribution in [0.5, 0.6) is 5.88 Å². The van der Waals surface area contributed by atoms with Crippen molar-refractivity contribution in [2.45, 2.75) is 0 Å². The van der Waals surface area contributed by atoms with Crippen LogP contribution >= 0.6 is 0 Å². The van der Waals surface area contributed by atoms with Crippen LogP contribution in [0.15, 0.2) is 42.6 Å². The number of sulfonamides is 1. The molecule has 1 aromatic carbocycles. The molecule has 0 saturated heterocycles. The van der Waals surface area contributed by atoms with E-state index in [0.717, 1.165) is 15.4 Å². The van der Waals surface area contributed by atoms with E-state index in [9.17, 15) is 13.2 Å². The molecule has 1 N–H and O–H groups in total. The Bertz CT molecular complexity index is 816. The summed E-state index contributed by atoms with van der Waals surface area (Å²) in [7, 11) is 1.16. The normalized spacial score (nSPS) is 11.4. The minimum absolute atomic E-state index is 0.0590. The highest BCUT2D eigenvalue weighted by Gasteiger charge is 2.14. The molecule has 0 bridgehead atoms. The lowest BCUT2D eigenvalue weighted by Gasteiger charge is -2.11. The van der Waals surface area contributed by atoms with Crippen molar-refractivity contribution in [1.82, 2.24) is 14.6 Å². The van der Waals surface area contributed by atoms with Crippen LogP contribution in [0.4, 0.5) is 0 Å². The van der Waals surface area contributed by atoms with Gasteiger partial charge in [-0.2, -0.15) is 0 Å². The van der Waals surface area contributed by atoms with Gasteiger partial charge in [-0.1, -0.05) is 12.1 Å². The molecule has 0 unspecified atom stereocenters. The van der Waals surface area contributed by atoms with E-state index < -0.39 is 10.0 Å². The van der Waals surface area contributed by atoms with Gasteiger partial charge in [0.2, 0.25) is 15.9 Å². The molecule has 2 rings (SSSR count). The predicted molar refractivity (Wildman–Crippen MR) is 96.0 cm³/mol. The van der Waals surface area contributed by atoms with Gasteiger partial charge in [0.05, 0.1) is 12.9 Å². The summed E-state index contributed by atoms with van der Waals surface area (Å²) in [6.07, 6.45) is 1.69. The number of carbonyl (C=O) groups excluding carboxylic acids is 1. The van der Waals surface area contributed by atoms with E-state index in [1.54, 1.807) is 31.5 Å². The molecule has 0 fully saturated rings. The average molecular weight is 363 g/mol. The highest BCUT2D eigenvalue weighted by molar-refractivity contribution is 7.89. The van der Waals surface area contributed by atoms with E-state index in [-0.39, 0.29) is 18.2 Å². The number of hydrogen-bond donors (Lipinski definition) is 1. The van der Waals surface area contributed by atoms with Crippen molar-refractivity contribution in [2.24, 2.45) is 0 Å². The number of aromatic nitrogens is 1. The number of methoxy groups -OCH3 is 1. The maximum absolute atomic E-state index is 12.1. The fraction of sp³-hybridized carbons (Fsp3) is 0.294. The molecule has 25 heavy (non-hydrogen) atoms. The van der Waals surface area contributed by atoms with Crippen molar-refractivity contribution in [3.63, 3.8) is 0 Å². The number of nitrogens with zero attached hydrogens (tertiary/aromatic N) is 2. The lowest BCUT2D eigenvalue weighted by atomic mass is 10.1. The molecule has 8 heteroatoms. The standard InChI is InChI=1S/C17H21N3O4S/c1-20(2)25(22,23)11-10-18-17(21)14-6-4-13(5-7-14)15-8-9-16(24-3)19-12-15/h4-9,12H,10-11H2,1-3H3,(H,18,21). The Balaban J connectivity index is 1.98. The maximum Gasteiger partial charge on any atom is 0.251 e. The first-order valence-corrected chi connectivity index (χ1v) is 9.23. The first-order chi connectivity index (χ1) is 11.8. The van der Waals surface area contributed by atoms with E-state index in [0.29, 0.717) is 11.4 Å². The van der Waals surface area contributed by atoms with Gasteiger partial charge in [0, 0.05) is 44.0 Å². The van der Waals surface area contributed by atoms with E-state index in [1.165, 1.54) is 14.1 Å². The van der Waals surface area contributed by atoms with Crippen LogP contribution in [0.2, 0.25) is 0 Å². The summed E-state index contributed by atoms with van der Waals surface area (Å²) in [5.41, 5.74) is 2.29. The largest absolute Gasteiger partial charge is 0.481 e. The first-order valence-electron chi connectivity index (χ1n) is 7.62. The molecule has 0 aliphatic heterocycles. The fourth-order valence-corrected chi connectivity index (χ4v) is 2.79. The Kier molecular flexibility index (Phi) is 6.11. The maximum atomic E-state index is 12.1. The minimum Gasteiger partial charge on any atom is -0.481 e. The number of carbonyl (C=O) groups is 1. The molecular weight excluding hydrogens is 342 g/mol. The number of pyridine rings is 1. The molecule has 0 saturated carbocycles. The zero-order valence-electron chi connectivity index (χ0n) is 14.4. The summed E-state index contributed by atoms with van der Waals surface area (Å²) in [4.78, 5) is 16.2. The van der Waals surface area contributed by atoms with E-state index in [2.05, 4.69) is 10.3 Å². The molecule has 1 aromatic heterocycles. The topological polar surface area (TPSA) is 88.6 Å². The summed E-state index contributed by atoms with van der Waals surface area (Å²) in [6.45, 7) is 0.0590. The SMILES string of the molecule is COc1ccc(-c2ccc(C(=O)NCCS(=O)(=O)N(C)C)cc2)cn1. The number of amides is 1. The molecular formula is C17H21N3O4S. The van der Waals surface area contributed by atoms with E-state index >= 15 is 0 Å². The summed E-state index contributed by atoms with van der Waals surface area (Å²) >= 11 is 0. The molecule has 134 valence electrons. The summed E-state index contributed by atoms with van der Waals surface area (Å²) in [5, 5.41) is 2.61. The molecule has 0 radical (unpaired) electrons.